The minimum atomic E-state index is 0.265. The van der Waals surface area contributed by atoms with Crippen LogP contribution in [0, 0.1) is 5.92 Å². The van der Waals surface area contributed by atoms with E-state index in [1.165, 1.54) is 32.1 Å². The van der Waals surface area contributed by atoms with Crippen molar-refractivity contribution in [2.75, 3.05) is 7.11 Å². The van der Waals surface area contributed by atoms with E-state index in [9.17, 15) is 5.11 Å². The monoisotopic (exact) mass is 277 g/mol. The summed E-state index contributed by atoms with van der Waals surface area (Å²) >= 11 is 0. The fourth-order valence-corrected chi connectivity index (χ4v) is 3.30. The van der Waals surface area contributed by atoms with E-state index in [0.29, 0.717) is 18.3 Å². The summed E-state index contributed by atoms with van der Waals surface area (Å²) in [6.45, 7) is 2.95. The number of nitrogens with one attached hydrogen (secondary N) is 1. The molecule has 1 aliphatic rings. The zero-order chi connectivity index (χ0) is 14.4. The van der Waals surface area contributed by atoms with Crippen LogP contribution in [0.2, 0.25) is 0 Å². The fraction of sp³-hybridized carbons (Fsp3) is 0.647. The maximum absolute atomic E-state index is 10.1. The van der Waals surface area contributed by atoms with Gasteiger partial charge in [-0.15, -0.1) is 0 Å². The maximum atomic E-state index is 10.1. The molecular formula is C17H27NO2. The lowest BCUT2D eigenvalue weighted by Crippen LogP contribution is -2.36. The molecule has 0 heterocycles. The van der Waals surface area contributed by atoms with Gasteiger partial charge in [0.05, 0.1) is 7.11 Å². The molecule has 2 rings (SSSR count). The van der Waals surface area contributed by atoms with Crippen molar-refractivity contribution >= 4 is 0 Å². The number of phenolic OH excluding ortho intramolecular Hbond substituents is 1. The second kappa shape index (κ2) is 7.53. The van der Waals surface area contributed by atoms with Crippen LogP contribution in [-0.2, 0) is 6.54 Å². The summed E-state index contributed by atoms with van der Waals surface area (Å²) in [5.41, 5.74) is 0.915. The predicted molar refractivity (Wildman–Crippen MR) is 82.2 cm³/mol. The number of hydrogen-bond acceptors (Lipinski definition) is 3. The number of hydrogen-bond donors (Lipinski definition) is 2. The van der Waals surface area contributed by atoms with Gasteiger partial charge in [-0.3, -0.25) is 0 Å². The Labute approximate surface area is 122 Å². The van der Waals surface area contributed by atoms with E-state index >= 15 is 0 Å². The largest absolute Gasteiger partial charge is 0.504 e. The molecule has 0 radical (unpaired) electrons. The minimum Gasteiger partial charge on any atom is -0.504 e. The van der Waals surface area contributed by atoms with Gasteiger partial charge in [-0.25, -0.2) is 0 Å². The van der Waals surface area contributed by atoms with E-state index < -0.39 is 0 Å². The first-order valence-corrected chi connectivity index (χ1v) is 7.84. The first-order chi connectivity index (χ1) is 9.76. The Kier molecular flexibility index (Phi) is 5.72. The van der Waals surface area contributed by atoms with Crippen molar-refractivity contribution in [3.63, 3.8) is 0 Å². The van der Waals surface area contributed by atoms with Crippen molar-refractivity contribution in [1.29, 1.82) is 0 Å². The van der Waals surface area contributed by atoms with Gasteiger partial charge >= 0.3 is 0 Å². The van der Waals surface area contributed by atoms with Gasteiger partial charge in [0, 0.05) is 18.2 Å². The summed E-state index contributed by atoms with van der Waals surface area (Å²) in [5, 5.41) is 13.8. The molecule has 3 heteroatoms. The number of para-hydroxylation sites is 1. The van der Waals surface area contributed by atoms with Gasteiger partial charge in [0.2, 0.25) is 0 Å². The molecule has 0 bridgehead atoms. The molecule has 1 saturated carbocycles. The normalized spacial score (nSPS) is 17.9. The van der Waals surface area contributed by atoms with E-state index in [2.05, 4.69) is 12.2 Å². The molecule has 0 amide bonds. The van der Waals surface area contributed by atoms with Crippen LogP contribution in [0.15, 0.2) is 18.2 Å². The van der Waals surface area contributed by atoms with Crippen molar-refractivity contribution in [3.05, 3.63) is 23.8 Å². The Balaban J connectivity index is 1.95. The first kappa shape index (κ1) is 15.2. The molecule has 2 N–H and O–H groups in total. The number of aromatic hydroxyl groups is 1. The lowest BCUT2D eigenvalue weighted by Gasteiger charge is -2.30. The minimum absolute atomic E-state index is 0.265. The lowest BCUT2D eigenvalue weighted by molar-refractivity contribution is 0.260. The smallest absolute Gasteiger partial charge is 0.162 e. The second-order valence-corrected chi connectivity index (χ2v) is 5.76. The van der Waals surface area contributed by atoms with E-state index in [0.717, 1.165) is 17.9 Å². The van der Waals surface area contributed by atoms with Crippen LogP contribution in [0.5, 0.6) is 11.5 Å². The number of benzene rings is 1. The highest BCUT2D eigenvalue weighted by molar-refractivity contribution is 5.45. The average molecular weight is 277 g/mol. The van der Waals surface area contributed by atoms with Gasteiger partial charge in [0.1, 0.15) is 0 Å². The quantitative estimate of drug-likeness (QED) is 0.830. The van der Waals surface area contributed by atoms with Gasteiger partial charge in [-0.05, 0) is 31.2 Å². The molecule has 1 fully saturated rings. The molecule has 3 nitrogen and oxygen atoms in total. The number of methoxy groups -OCH3 is 1. The Hall–Kier alpha value is -1.22. The van der Waals surface area contributed by atoms with Crippen molar-refractivity contribution in [3.8, 4) is 11.5 Å². The van der Waals surface area contributed by atoms with Crippen LogP contribution < -0.4 is 10.1 Å². The van der Waals surface area contributed by atoms with Gasteiger partial charge in [-0.1, -0.05) is 38.3 Å². The Bertz CT molecular complexity index is 413. The molecule has 112 valence electrons. The molecule has 0 aliphatic heterocycles. The molecule has 0 spiro atoms. The van der Waals surface area contributed by atoms with Gasteiger partial charge in [0.15, 0.2) is 11.5 Å². The van der Waals surface area contributed by atoms with E-state index in [1.807, 2.05) is 12.1 Å². The maximum Gasteiger partial charge on any atom is 0.162 e. The van der Waals surface area contributed by atoms with Crippen LogP contribution in [0.4, 0.5) is 0 Å². The fourth-order valence-electron chi connectivity index (χ4n) is 3.30. The number of phenols is 1. The molecule has 1 aliphatic carbocycles. The van der Waals surface area contributed by atoms with Crippen LogP contribution in [-0.4, -0.2) is 18.3 Å². The zero-order valence-corrected chi connectivity index (χ0v) is 12.7. The highest BCUT2D eigenvalue weighted by Gasteiger charge is 2.22. The zero-order valence-electron chi connectivity index (χ0n) is 12.7. The summed E-state index contributed by atoms with van der Waals surface area (Å²) in [7, 11) is 1.59. The molecule has 0 saturated heterocycles. The highest BCUT2D eigenvalue weighted by Crippen LogP contribution is 2.31. The average Bonchev–Trinajstić information content (AvgIpc) is 2.50. The van der Waals surface area contributed by atoms with Gasteiger partial charge in [-0.2, -0.15) is 0 Å². The van der Waals surface area contributed by atoms with E-state index in [1.54, 1.807) is 13.2 Å². The Morgan fingerprint density at radius 3 is 2.70 bits per heavy atom. The van der Waals surface area contributed by atoms with E-state index in [4.69, 9.17) is 4.74 Å². The van der Waals surface area contributed by atoms with Crippen LogP contribution >= 0.6 is 0 Å². The third-order valence-corrected chi connectivity index (χ3v) is 4.52. The van der Waals surface area contributed by atoms with Gasteiger partial charge < -0.3 is 15.2 Å². The lowest BCUT2D eigenvalue weighted by atomic mass is 9.83. The molecule has 1 aromatic carbocycles. The van der Waals surface area contributed by atoms with Crippen LogP contribution in [0.1, 0.15) is 51.0 Å². The van der Waals surface area contributed by atoms with Crippen LogP contribution in [0.3, 0.4) is 0 Å². The number of ether oxygens (including phenoxy) is 1. The third kappa shape index (κ3) is 3.66. The summed E-state index contributed by atoms with van der Waals surface area (Å²) in [6, 6.07) is 6.23. The topological polar surface area (TPSA) is 41.5 Å². The number of rotatable bonds is 6. The Morgan fingerprint density at radius 1 is 1.30 bits per heavy atom. The highest BCUT2D eigenvalue weighted by atomic mass is 16.5. The van der Waals surface area contributed by atoms with Crippen LogP contribution in [0.25, 0.3) is 0 Å². The van der Waals surface area contributed by atoms with Crippen molar-refractivity contribution in [1.82, 2.24) is 5.32 Å². The molecule has 0 aromatic heterocycles. The molecule has 20 heavy (non-hydrogen) atoms. The SMILES string of the molecule is CCC(NCc1cccc(OC)c1O)C1CCCCC1. The summed E-state index contributed by atoms with van der Waals surface area (Å²) in [4.78, 5) is 0. The van der Waals surface area contributed by atoms with E-state index in [-0.39, 0.29) is 5.75 Å². The standard InChI is InChI=1S/C17H27NO2/c1-3-15(13-8-5-4-6-9-13)18-12-14-10-7-11-16(20-2)17(14)19/h7,10-11,13,15,18-19H,3-6,8-9,12H2,1-2H3. The molecule has 1 aromatic rings. The second-order valence-electron chi connectivity index (χ2n) is 5.76. The first-order valence-electron chi connectivity index (χ1n) is 7.84. The predicted octanol–water partition coefficient (Wildman–Crippen LogP) is 3.85. The molecule has 1 atom stereocenters. The third-order valence-electron chi connectivity index (χ3n) is 4.52. The van der Waals surface area contributed by atoms with Gasteiger partial charge in [0.25, 0.3) is 0 Å². The van der Waals surface area contributed by atoms with Crippen molar-refractivity contribution in [2.24, 2.45) is 5.92 Å². The molecular weight excluding hydrogens is 250 g/mol. The summed E-state index contributed by atoms with van der Waals surface area (Å²) < 4.78 is 5.16. The Morgan fingerprint density at radius 2 is 2.05 bits per heavy atom. The van der Waals surface area contributed by atoms with Crippen molar-refractivity contribution < 1.29 is 9.84 Å². The van der Waals surface area contributed by atoms with Crippen molar-refractivity contribution in [2.45, 2.75) is 58.0 Å². The molecule has 1 unspecified atom stereocenters. The summed E-state index contributed by atoms with van der Waals surface area (Å²) in [5.74, 6) is 1.61. The summed E-state index contributed by atoms with van der Waals surface area (Å²) in [6.07, 6.45) is 7.96.